The fraction of sp³-hybridized carbons (Fsp3) is 0.600. The fourth-order valence-corrected chi connectivity index (χ4v) is 5.02. The quantitative estimate of drug-likeness (QED) is 0.270. The van der Waals surface area contributed by atoms with E-state index in [9.17, 15) is 23.6 Å². The molecule has 2 unspecified atom stereocenters. The number of phosphoric ester groups is 1. The summed E-state index contributed by atoms with van der Waals surface area (Å²) >= 11 is 1.40. The van der Waals surface area contributed by atoms with E-state index in [1.54, 1.807) is 6.26 Å². The molecule has 4 N–H and O–H groups in total. The highest BCUT2D eigenvalue weighted by Gasteiger charge is 2.48. The molecule has 0 aromatic carbocycles. The van der Waals surface area contributed by atoms with Crippen LogP contribution in [0.2, 0.25) is 0 Å². The summed E-state index contributed by atoms with van der Waals surface area (Å²) in [5, 5.41) is 0. The van der Waals surface area contributed by atoms with E-state index in [2.05, 4.69) is 4.98 Å². The zero-order valence-corrected chi connectivity index (χ0v) is 18.8. The molecule has 170 valence electrons. The lowest BCUT2D eigenvalue weighted by Gasteiger charge is -2.27. The number of aromatic amines is 1. The van der Waals surface area contributed by atoms with Gasteiger partial charge < -0.3 is 19.4 Å². The van der Waals surface area contributed by atoms with E-state index >= 15 is 0 Å². The molecule has 0 saturated heterocycles. The first kappa shape index (κ1) is 25.3. The molecule has 1 heterocycles. The Morgan fingerprint density at radius 1 is 1.30 bits per heavy atom. The van der Waals surface area contributed by atoms with E-state index in [-0.39, 0.29) is 13.0 Å². The number of thioether (sulfide) groups is 1. The molecule has 1 saturated carbocycles. The summed E-state index contributed by atoms with van der Waals surface area (Å²) in [7, 11) is -7.74. The van der Waals surface area contributed by atoms with Gasteiger partial charge in [-0.05, 0) is 12.7 Å². The van der Waals surface area contributed by atoms with Crippen LogP contribution in [0.1, 0.15) is 12.5 Å². The third-order valence-corrected chi connectivity index (χ3v) is 6.60. The second kappa shape index (κ2) is 10.5. The van der Waals surface area contributed by atoms with Crippen molar-refractivity contribution in [2.24, 2.45) is 5.92 Å². The Morgan fingerprint density at radius 3 is 2.57 bits per heavy atom. The SMILES string of the molecule is CO[C@H]1C(n2ccc(=O)[nH]c2=O)C[C@H](/C=C/P(=O)(O)O)[C@H]1OP(=O)(O)OCCSC. The monoisotopic (exact) mass is 486 g/mol. The lowest BCUT2D eigenvalue weighted by Crippen LogP contribution is -2.38. The topological polar surface area (TPSA) is 177 Å². The van der Waals surface area contributed by atoms with Crippen molar-refractivity contribution in [3.63, 3.8) is 0 Å². The van der Waals surface area contributed by atoms with Gasteiger partial charge in [-0.25, -0.2) is 9.36 Å². The van der Waals surface area contributed by atoms with Crippen molar-refractivity contribution in [1.29, 1.82) is 0 Å². The highest BCUT2D eigenvalue weighted by Crippen LogP contribution is 2.51. The number of nitrogens with zero attached hydrogens (tertiary/aromatic N) is 1. The molecule has 0 radical (unpaired) electrons. The number of methoxy groups -OCH3 is 1. The van der Waals surface area contributed by atoms with Crippen molar-refractivity contribution in [1.82, 2.24) is 9.55 Å². The van der Waals surface area contributed by atoms with Gasteiger partial charge in [0.05, 0.1) is 12.6 Å². The van der Waals surface area contributed by atoms with Crippen LogP contribution in [0, 0.1) is 5.92 Å². The summed E-state index contributed by atoms with van der Waals surface area (Å²) in [5.41, 5.74) is -1.33. The van der Waals surface area contributed by atoms with Crippen LogP contribution in [0.15, 0.2) is 33.7 Å². The Bertz CT molecular complexity index is 957. The van der Waals surface area contributed by atoms with Crippen molar-refractivity contribution >= 4 is 27.2 Å². The van der Waals surface area contributed by atoms with Crippen LogP contribution >= 0.6 is 27.2 Å². The molecule has 0 spiro atoms. The zero-order chi connectivity index (χ0) is 22.5. The minimum absolute atomic E-state index is 0.0505. The van der Waals surface area contributed by atoms with Gasteiger partial charge in [-0.1, -0.05) is 6.08 Å². The van der Waals surface area contributed by atoms with Gasteiger partial charge in [0.1, 0.15) is 12.2 Å². The molecule has 0 bridgehead atoms. The number of ether oxygens (including phenoxy) is 1. The first-order chi connectivity index (χ1) is 14.0. The number of hydrogen-bond acceptors (Lipinski definition) is 8. The lowest BCUT2D eigenvalue weighted by molar-refractivity contribution is -0.0214. The van der Waals surface area contributed by atoms with Crippen LogP contribution in [-0.4, -0.2) is 62.2 Å². The summed E-state index contributed by atoms with van der Waals surface area (Å²) in [6, 6.07) is 0.382. The molecule has 0 amide bonds. The van der Waals surface area contributed by atoms with E-state index in [1.165, 1.54) is 29.6 Å². The van der Waals surface area contributed by atoms with Crippen molar-refractivity contribution in [3.05, 3.63) is 45.0 Å². The third-order valence-electron chi connectivity index (χ3n) is 4.44. The molecule has 1 aliphatic carbocycles. The molecule has 30 heavy (non-hydrogen) atoms. The standard InChI is InChI=1S/C15H24N2O10P2S/c1-25-14-11(17-5-3-12(18)16-15(17)19)9-10(4-7-28(20,21)22)13(14)27-29(23,24)26-6-8-30-2/h3-5,7,10-11,13-14H,6,8-9H2,1-2H3,(H,23,24)(H,16,18,19)(H2,20,21,22)/b7-4+/t10-,11?,13+,14-/m0/s1. The highest BCUT2D eigenvalue weighted by atomic mass is 32.2. The summed E-state index contributed by atoms with van der Waals surface area (Å²) in [5.74, 6) is 0.315. The third kappa shape index (κ3) is 7.01. The highest BCUT2D eigenvalue weighted by molar-refractivity contribution is 7.98. The summed E-state index contributed by atoms with van der Waals surface area (Å²) in [6.07, 6.45) is 2.17. The van der Waals surface area contributed by atoms with Crippen molar-refractivity contribution in [2.45, 2.75) is 24.7 Å². The smallest absolute Gasteiger partial charge is 0.377 e. The average Bonchev–Trinajstić information content (AvgIpc) is 2.96. The van der Waals surface area contributed by atoms with Crippen LogP contribution in [0.3, 0.4) is 0 Å². The number of aromatic nitrogens is 2. The van der Waals surface area contributed by atoms with Gasteiger partial charge in [0.25, 0.3) is 5.56 Å². The average molecular weight is 486 g/mol. The molecule has 1 aliphatic rings. The number of rotatable bonds is 10. The molecule has 12 nitrogen and oxygen atoms in total. The first-order valence-corrected chi connectivity index (χ1v) is 13.3. The van der Waals surface area contributed by atoms with Crippen LogP contribution in [0.25, 0.3) is 0 Å². The summed E-state index contributed by atoms with van der Waals surface area (Å²) < 4.78 is 40.4. The van der Waals surface area contributed by atoms with E-state index in [0.717, 1.165) is 12.1 Å². The molecule has 5 atom stereocenters. The van der Waals surface area contributed by atoms with Crippen LogP contribution in [0.4, 0.5) is 0 Å². The number of phosphoric acid groups is 1. The number of H-pyrrole nitrogens is 1. The van der Waals surface area contributed by atoms with E-state index < -0.39 is 50.8 Å². The van der Waals surface area contributed by atoms with Gasteiger partial charge in [0.15, 0.2) is 0 Å². The van der Waals surface area contributed by atoms with E-state index in [4.69, 9.17) is 23.6 Å². The second-order valence-electron chi connectivity index (χ2n) is 6.48. The number of hydrogen-bond donors (Lipinski definition) is 4. The van der Waals surface area contributed by atoms with Gasteiger partial charge in [-0.15, -0.1) is 0 Å². The van der Waals surface area contributed by atoms with Crippen molar-refractivity contribution < 1.29 is 37.6 Å². The largest absolute Gasteiger partial charge is 0.472 e. The van der Waals surface area contributed by atoms with Gasteiger partial charge in [0.2, 0.25) is 0 Å². The van der Waals surface area contributed by atoms with Crippen LogP contribution < -0.4 is 11.2 Å². The molecular weight excluding hydrogens is 462 g/mol. The van der Waals surface area contributed by atoms with Crippen LogP contribution in [0.5, 0.6) is 0 Å². The Labute approximate surface area is 176 Å². The maximum absolute atomic E-state index is 12.4. The summed E-state index contributed by atoms with van der Waals surface area (Å²) in [6.45, 7) is -0.0505. The van der Waals surface area contributed by atoms with Gasteiger partial charge in [0, 0.05) is 36.9 Å². The number of nitrogens with one attached hydrogen (secondary N) is 1. The maximum atomic E-state index is 12.4. The Hall–Kier alpha value is -1.01. The molecule has 1 fully saturated rings. The van der Waals surface area contributed by atoms with Gasteiger partial charge >= 0.3 is 21.1 Å². The first-order valence-electron chi connectivity index (χ1n) is 8.71. The lowest BCUT2D eigenvalue weighted by atomic mass is 10.1. The molecule has 1 aromatic rings. The van der Waals surface area contributed by atoms with Gasteiger partial charge in [-0.3, -0.25) is 28.0 Å². The minimum atomic E-state index is -4.53. The Kier molecular flexibility index (Phi) is 8.87. The molecule has 2 rings (SSSR count). The van der Waals surface area contributed by atoms with Crippen molar-refractivity contribution in [2.75, 3.05) is 25.7 Å². The Morgan fingerprint density at radius 2 is 2.00 bits per heavy atom. The Balaban J connectivity index is 2.38. The van der Waals surface area contributed by atoms with Crippen molar-refractivity contribution in [3.8, 4) is 0 Å². The molecule has 15 heteroatoms. The predicted octanol–water partition coefficient (Wildman–Crippen LogP) is 0.669. The predicted molar refractivity (Wildman–Crippen MR) is 109 cm³/mol. The second-order valence-corrected chi connectivity index (χ2v) is 10.3. The van der Waals surface area contributed by atoms with E-state index in [0.29, 0.717) is 11.6 Å². The molecule has 1 aromatic heterocycles. The summed E-state index contributed by atoms with van der Waals surface area (Å²) in [4.78, 5) is 54.0. The minimum Gasteiger partial charge on any atom is -0.377 e. The van der Waals surface area contributed by atoms with E-state index in [1.807, 2.05) is 0 Å². The normalized spacial score (nSPS) is 26.8. The zero-order valence-electron chi connectivity index (χ0n) is 16.2. The molecule has 0 aliphatic heterocycles. The van der Waals surface area contributed by atoms with Gasteiger partial charge in [-0.2, -0.15) is 11.8 Å². The molecular formula is C15H24N2O10P2S. The fourth-order valence-electron chi connectivity index (χ4n) is 3.23. The van der Waals surface area contributed by atoms with Crippen LogP contribution in [-0.2, 0) is 22.9 Å². The maximum Gasteiger partial charge on any atom is 0.472 e.